The Labute approximate surface area is 113 Å². The van der Waals surface area contributed by atoms with Crippen molar-refractivity contribution in [3.63, 3.8) is 0 Å². The minimum atomic E-state index is -0.898. The van der Waals surface area contributed by atoms with E-state index < -0.39 is 11.5 Å². The number of hydrogen-bond acceptors (Lipinski definition) is 4. The second-order valence-electron chi connectivity index (χ2n) is 5.31. The summed E-state index contributed by atoms with van der Waals surface area (Å²) in [7, 11) is 0. The number of carboxylic acid groups (broad SMARTS) is 1. The summed E-state index contributed by atoms with van der Waals surface area (Å²) in [4.78, 5) is 17.9. The smallest absolute Gasteiger partial charge is 0.324 e. The van der Waals surface area contributed by atoms with E-state index in [2.05, 4.69) is 19.8 Å². The van der Waals surface area contributed by atoms with Crippen LogP contribution in [0.2, 0.25) is 0 Å². The van der Waals surface area contributed by atoms with Crippen LogP contribution in [0.1, 0.15) is 26.1 Å². The van der Waals surface area contributed by atoms with Crippen molar-refractivity contribution >= 4 is 5.97 Å². The molecule has 1 unspecified atom stereocenters. The third kappa shape index (κ3) is 3.13. The second-order valence-corrected chi connectivity index (χ2v) is 5.31. The Morgan fingerprint density at radius 1 is 1.58 bits per heavy atom. The number of aromatic nitrogens is 2. The van der Waals surface area contributed by atoms with E-state index in [4.69, 9.17) is 0 Å². The molecule has 0 saturated heterocycles. The highest BCUT2D eigenvalue weighted by Gasteiger charge is 2.35. The Bertz CT molecular complexity index is 446. The lowest BCUT2D eigenvalue weighted by atomic mass is 10.0. The van der Waals surface area contributed by atoms with Gasteiger partial charge in [0.2, 0.25) is 0 Å². The van der Waals surface area contributed by atoms with Crippen LogP contribution in [-0.2, 0) is 17.9 Å². The van der Waals surface area contributed by atoms with Crippen LogP contribution in [0.5, 0.6) is 0 Å². The normalized spacial score (nSPS) is 18.8. The quantitative estimate of drug-likeness (QED) is 0.786. The van der Waals surface area contributed by atoms with E-state index >= 15 is 0 Å². The molecule has 2 heterocycles. The van der Waals surface area contributed by atoms with Crippen molar-refractivity contribution in [3.05, 3.63) is 18.2 Å². The van der Waals surface area contributed by atoms with Crippen molar-refractivity contribution in [1.29, 1.82) is 0 Å². The van der Waals surface area contributed by atoms with E-state index in [1.165, 1.54) is 0 Å². The number of aliphatic carboxylic acids is 1. The fourth-order valence-corrected chi connectivity index (χ4v) is 2.41. The molecule has 6 heteroatoms. The average Bonchev–Trinajstić information content (AvgIpc) is 2.83. The van der Waals surface area contributed by atoms with Gasteiger partial charge in [-0.15, -0.1) is 0 Å². The first-order chi connectivity index (χ1) is 9.05. The van der Waals surface area contributed by atoms with E-state index in [1.807, 2.05) is 13.1 Å². The third-order valence-electron chi connectivity index (χ3n) is 3.60. The van der Waals surface area contributed by atoms with Crippen LogP contribution in [0.3, 0.4) is 0 Å². The molecule has 0 radical (unpaired) electrons. The van der Waals surface area contributed by atoms with Crippen LogP contribution in [0.15, 0.2) is 12.4 Å². The van der Waals surface area contributed by atoms with Crippen LogP contribution < -0.4 is 5.32 Å². The van der Waals surface area contributed by atoms with Crippen molar-refractivity contribution in [2.45, 2.75) is 38.9 Å². The number of hydrogen-bond donors (Lipinski definition) is 2. The van der Waals surface area contributed by atoms with E-state index in [0.29, 0.717) is 19.6 Å². The SMILES string of the molecule is CCCNC(C)(CN1CCn2ccnc2C1)C(=O)O. The first-order valence-corrected chi connectivity index (χ1v) is 6.76. The lowest BCUT2D eigenvalue weighted by Crippen LogP contribution is -2.57. The second kappa shape index (κ2) is 5.71. The molecule has 19 heavy (non-hydrogen) atoms. The summed E-state index contributed by atoms with van der Waals surface area (Å²) >= 11 is 0. The molecule has 1 aliphatic rings. The molecule has 0 amide bonds. The molecule has 0 saturated carbocycles. The van der Waals surface area contributed by atoms with Crippen LogP contribution in [0.25, 0.3) is 0 Å². The average molecular weight is 266 g/mol. The molecule has 6 nitrogen and oxygen atoms in total. The Morgan fingerprint density at radius 2 is 2.37 bits per heavy atom. The first-order valence-electron chi connectivity index (χ1n) is 6.76. The summed E-state index contributed by atoms with van der Waals surface area (Å²) in [6, 6.07) is 0. The zero-order valence-electron chi connectivity index (χ0n) is 11.6. The number of imidazole rings is 1. The number of carbonyl (C=O) groups is 1. The maximum Gasteiger partial charge on any atom is 0.324 e. The summed E-state index contributed by atoms with van der Waals surface area (Å²) in [5.74, 6) is 0.212. The zero-order chi connectivity index (χ0) is 13.9. The summed E-state index contributed by atoms with van der Waals surface area (Å²) in [6.45, 7) is 7.45. The Morgan fingerprint density at radius 3 is 3.05 bits per heavy atom. The third-order valence-corrected chi connectivity index (χ3v) is 3.60. The monoisotopic (exact) mass is 266 g/mol. The predicted octanol–water partition coefficient (Wildman–Crippen LogP) is 0.542. The molecule has 0 aromatic carbocycles. The van der Waals surface area contributed by atoms with Crippen LogP contribution in [-0.4, -0.2) is 50.7 Å². The molecule has 2 N–H and O–H groups in total. The minimum Gasteiger partial charge on any atom is -0.480 e. The van der Waals surface area contributed by atoms with Crippen molar-refractivity contribution < 1.29 is 9.90 Å². The van der Waals surface area contributed by atoms with Crippen molar-refractivity contribution in [3.8, 4) is 0 Å². The maximum absolute atomic E-state index is 11.5. The molecule has 106 valence electrons. The fraction of sp³-hybridized carbons (Fsp3) is 0.692. The van der Waals surface area contributed by atoms with E-state index in [-0.39, 0.29) is 0 Å². The Balaban J connectivity index is 2.01. The molecule has 0 bridgehead atoms. The molecule has 1 atom stereocenters. The molecule has 0 spiro atoms. The van der Waals surface area contributed by atoms with Gasteiger partial charge in [0.05, 0.1) is 6.54 Å². The maximum atomic E-state index is 11.5. The van der Waals surface area contributed by atoms with Gasteiger partial charge in [-0.1, -0.05) is 6.92 Å². The zero-order valence-corrected chi connectivity index (χ0v) is 11.6. The van der Waals surface area contributed by atoms with Gasteiger partial charge in [-0.3, -0.25) is 9.69 Å². The number of rotatable bonds is 6. The highest BCUT2D eigenvalue weighted by atomic mass is 16.4. The number of fused-ring (bicyclic) bond motifs is 1. The summed E-state index contributed by atoms with van der Waals surface area (Å²) in [5, 5.41) is 12.6. The van der Waals surface area contributed by atoms with E-state index in [1.54, 1.807) is 13.1 Å². The summed E-state index contributed by atoms with van der Waals surface area (Å²) in [5.41, 5.74) is -0.898. The highest BCUT2D eigenvalue weighted by molar-refractivity contribution is 5.78. The number of carboxylic acids is 1. The summed E-state index contributed by atoms with van der Waals surface area (Å²) < 4.78 is 2.12. The fourth-order valence-electron chi connectivity index (χ4n) is 2.41. The number of nitrogens with zero attached hydrogens (tertiary/aromatic N) is 3. The van der Waals surface area contributed by atoms with Crippen LogP contribution in [0, 0.1) is 0 Å². The van der Waals surface area contributed by atoms with Crippen LogP contribution in [0.4, 0.5) is 0 Å². The lowest BCUT2D eigenvalue weighted by molar-refractivity contribution is -0.145. The Kier molecular flexibility index (Phi) is 4.21. The van der Waals surface area contributed by atoms with Gasteiger partial charge in [0.15, 0.2) is 0 Å². The van der Waals surface area contributed by atoms with E-state index in [0.717, 1.165) is 25.3 Å². The largest absolute Gasteiger partial charge is 0.480 e. The molecular formula is C13H22N4O2. The molecule has 1 aromatic heterocycles. The lowest BCUT2D eigenvalue weighted by Gasteiger charge is -2.35. The van der Waals surface area contributed by atoms with Crippen molar-refractivity contribution in [2.24, 2.45) is 0 Å². The molecule has 1 aromatic rings. The van der Waals surface area contributed by atoms with Gasteiger partial charge in [0.1, 0.15) is 11.4 Å². The minimum absolute atomic E-state index is 0.495. The van der Waals surface area contributed by atoms with Gasteiger partial charge >= 0.3 is 5.97 Å². The van der Waals surface area contributed by atoms with Crippen molar-refractivity contribution in [2.75, 3.05) is 19.6 Å². The molecule has 0 fully saturated rings. The first kappa shape index (κ1) is 14.0. The topological polar surface area (TPSA) is 70.4 Å². The van der Waals surface area contributed by atoms with Gasteiger partial charge in [-0.05, 0) is 19.9 Å². The van der Waals surface area contributed by atoms with Gasteiger partial charge in [-0.25, -0.2) is 4.98 Å². The van der Waals surface area contributed by atoms with Gasteiger partial charge < -0.3 is 15.0 Å². The van der Waals surface area contributed by atoms with Crippen molar-refractivity contribution in [1.82, 2.24) is 19.8 Å². The van der Waals surface area contributed by atoms with Gasteiger partial charge in [0.25, 0.3) is 0 Å². The molecular weight excluding hydrogens is 244 g/mol. The van der Waals surface area contributed by atoms with Gasteiger partial charge in [0, 0.05) is 32.0 Å². The molecule has 2 rings (SSSR count). The summed E-state index contributed by atoms with van der Waals surface area (Å²) in [6.07, 6.45) is 4.69. The predicted molar refractivity (Wildman–Crippen MR) is 71.8 cm³/mol. The standard InChI is InChI=1S/C13H22N4O2/c1-3-4-15-13(2,12(18)19)10-16-7-8-17-6-5-14-11(17)9-16/h5-6,15H,3-4,7-10H2,1-2H3,(H,18,19). The molecule has 0 aliphatic carbocycles. The number of nitrogens with one attached hydrogen (secondary N) is 1. The molecule has 1 aliphatic heterocycles. The highest BCUT2D eigenvalue weighted by Crippen LogP contribution is 2.14. The van der Waals surface area contributed by atoms with Crippen LogP contribution >= 0.6 is 0 Å². The van der Waals surface area contributed by atoms with Gasteiger partial charge in [-0.2, -0.15) is 0 Å². The van der Waals surface area contributed by atoms with E-state index in [9.17, 15) is 9.90 Å². The Hall–Kier alpha value is -1.40.